The van der Waals surface area contributed by atoms with Crippen molar-refractivity contribution in [2.75, 3.05) is 13.1 Å². The fourth-order valence-electron chi connectivity index (χ4n) is 3.37. The molecule has 0 saturated carbocycles. The molecule has 0 radical (unpaired) electrons. The molecule has 4 heteroatoms. The van der Waals surface area contributed by atoms with Crippen LogP contribution in [0.3, 0.4) is 0 Å². The minimum Gasteiger partial charge on any atom is -0.307 e. The standard InChI is InChI=1S/C14H21BrN2S/c1-10(13-4-5-14(15)18-13)16-11-6-8-17-7-2-3-12(17)9-11/h4-5,10-12,16H,2-3,6-9H2,1H3. The van der Waals surface area contributed by atoms with Crippen LogP contribution in [0.5, 0.6) is 0 Å². The summed E-state index contributed by atoms with van der Waals surface area (Å²) in [5.41, 5.74) is 0. The molecule has 0 aliphatic carbocycles. The second kappa shape index (κ2) is 5.61. The molecule has 3 unspecified atom stereocenters. The molecule has 3 heterocycles. The Balaban J connectivity index is 1.56. The van der Waals surface area contributed by atoms with Crippen LogP contribution < -0.4 is 5.32 Å². The number of fused-ring (bicyclic) bond motifs is 1. The smallest absolute Gasteiger partial charge is 0.0701 e. The molecule has 2 aliphatic rings. The summed E-state index contributed by atoms with van der Waals surface area (Å²) < 4.78 is 1.23. The summed E-state index contributed by atoms with van der Waals surface area (Å²) in [7, 11) is 0. The van der Waals surface area contributed by atoms with Gasteiger partial charge in [0.1, 0.15) is 0 Å². The number of thiophene rings is 1. The van der Waals surface area contributed by atoms with E-state index in [1.54, 1.807) is 0 Å². The molecule has 2 aliphatic heterocycles. The van der Waals surface area contributed by atoms with Gasteiger partial charge in [-0.2, -0.15) is 0 Å². The quantitative estimate of drug-likeness (QED) is 0.908. The SMILES string of the molecule is CC(NC1CCN2CCCC2C1)c1ccc(Br)s1. The highest BCUT2D eigenvalue weighted by Crippen LogP contribution is 2.30. The maximum atomic E-state index is 3.82. The van der Waals surface area contributed by atoms with Gasteiger partial charge in [0.15, 0.2) is 0 Å². The van der Waals surface area contributed by atoms with Crippen molar-refractivity contribution in [3.8, 4) is 0 Å². The Labute approximate surface area is 122 Å². The Morgan fingerprint density at radius 1 is 1.39 bits per heavy atom. The summed E-state index contributed by atoms with van der Waals surface area (Å²) in [6.45, 7) is 4.92. The fraction of sp³-hybridized carbons (Fsp3) is 0.714. The van der Waals surface area contributed by atoms with Crippen molar-refractivity contribution in [2.24, 2.45) is 0 Å². The molecular formula is C14H21BrN2S. The van der Waals surface area contributed by atoms with Crippen molar-refractivity contribution in [3.05, 3.63) is 20.8 Å². The normalized spacial score (nSPS) is 30.3. The molecule has 100 valence electrons. The van der Waals surface area contributed by atoms with E-state index in [4.69, 9.17) is 0 Å². The molecule has 1 aromatic rings. The third-order valence-electron chi connectivity index (χ3n) is 4.33. The fourth-order valence-corrected chi connectivity index (χ4v) is 4.81. The lowest BCUT2D eigenvalue weighted by Gasteiger charge is -2.36. The van der Waals surface area contributed by atoms with E-state index in [1.807, 2.05) is 11.3 Å². The Morgan fingerprint density at radius 3 is 3.06 bits per heavy atom. The largest absolute Gasteiger partial charge is 0.307 e. The maximum Gasteiger partial charge on any atom is 0.0701 e. The van der Waals surface area contributed by atoms with Gasteiger partial charge in [-0.25, -0.2) is 0 Å². The predicted octanol–water partition coefficient (Wildman–Crippen LogP) is 3.79. The van der Waals surface area contributed by atoms with E-state index < -0.39 is 0 Å². The van der Waals surface area contributed by atoms with Gasteiger partial charge in [0, 0.05) is 23.0 Å². The highest BCUT2D eigenvalue weighted by atomic mass is 79.9. The van der Waals surface area contributed by atoms with Crippen molar-refractivity contribution in [3.63, 3.8) is 0 Å². The van der Waals surface area contributed by atoms with E-state index in [1.165, 1.54) is 47.4 Å². The van der Waals surface area contributed by atoms with Gasteiger partial charge in [-0.3, -0.25) is 0 Å². The number of nitrogens with zero attached hydrogens (tertiary/aromatic N) is 1. The third-order valence-corrected chi connectivity index (χ3v) is 6.13. The summed E-state index contributed by atoms with van der Waals surface area (Å²) in [6.07, 6.45) is 5.48. The minimum absolute atomic E-state index is 0.485. The average Bonchev–Trinajstić information content (AvgIpc) is 2.96. The first kappa shape index (κ1) is 13.1. The van der Waals surface area contributed by atoms with Crippen LogP contribution in [0.1, 0.15) is 43.5 Å². The van der Waals surface area contributed by atoms with Crippen molar-refractivity contribution >= 4 is 27.3 Å². The zero-order valence-corrected chi connectivity index (χ0v) is 13.3. The number of hydrogen-bond donors (Lipinski definition) is 1. The predicted molar refractivity (Wildman–Crippen MR) is 81.2 cm³/mol. The summed E-state index contributed by atoms with van der Waals surface area (Å²) in [5, 5.41) is 3.82. The molecule has 0 spiro atoms. The lowest BCUT2D eigenvalue weighted by molar-refractivity contribution is 0.162. The van der Waals surface area contributed by atoms with Crippen molar-refractivity contribution in [1.82, 2.24) is 10.2 Å². The third kappa shape index (κ3) is 2.82. The number of piperidine rings is 1. The topological polar surface area (TPSA) is 15.3 Å². The zero-order chi connectivity index (χ0) is 12.5. The van der Waals surface area contributed by atoms with Crippen LogP contribution >= 0.6 is 27.3 Å². The van der Waals surface area contributed by atoms with Gasteiger partial charge < -0.3 is 10.2 Å². The first-order valence-corrected chi connectivity index (χ1v) is 8.58. The van der Waals surface area contributed by atoms with Crippen LogP contribution in [0.15, 0.2) is 15.9 Å². The lowest BCUT2D eigenvalue weighted by atomic mass is 9.97. The first-order valence-electron chi connectivity index (χ1n) is 6.97. The molecule has 0 bridgehead atoms. The van der Waals surface area contributed by atoms with Crippen LogP contribution in [0.25, 0.3) is 0 Å². The number of nitrogens with one attached hydrogen (secondary N) is 1. The van der Waals surface area contributed by atoms with E-state index in [0.29, 0.717) is 12.1 Å². The molecule has 2 fully saturated rings. The molecule has 1 N–H and O–H groups in total. The van der Waals surface area contributed by atoms with Crippen LogP contribution in [-0.4, -0.2) is 30.1 Å². The number of hydrogen-bond acceptors (Lipinski definition) is 3. The minimum atomic E-state index is 0.485. The van der Waals surface area contributed by atoms with Gasteiger partial charge in [0.2, 0.25) is 0 Å². The van der Waals surface area contributed by atoms with Gasteiger partial charge in [-0.15, -0.1) is 11.3 Å². The van der Waals surface area contributed by atoms with Crippen LogP contribution in [0, 0.1) is 0 Å². The molecule has 0 amide bonds. The Kier molecular flexibility index (Phi) is 4.09. The van der Waals surface area contributed by atoms with Crippen molar-refractivity contribution < 1.29 is 0 Å². The zero-order valence-electron chi connectivity index (χ0n) is 10.9. The van der Waals surface area contributed by atoms with E-state index in [2.05, 4.69) is 45.2 Å². The van der Waals surface area contributed by atoms with Crippen molar-refractivity contribution in [2.45, 2.75) is 50.7 Å². The number of rotatable bonds is 3. The Morgan fingerprint density at radius 2 is 2.28 bits per heavy atom. The van der Waals surface area contributed by atoms with Gasteiger partial charge in [0.25, 0.3) is 0 Å². The molecule has 3 rings (SSSR count). The average molecular weight is 329 g/mol. The molecule has 0 aromatic carbocycles. The van der Waals surface area contributed by atoms with Crippen LogP contribution in [0.4, 0.5) is 0 Å². The molecule has 2 nitrogen and oxygen atoms in total. The second-order valence-electron chi connectivity index (χ2n) is 5.58. The van der Waals surface area contributed by atoms with Crippen LogP contribution in [0.2, 0.25) is 0 Å². The summed E-state index contributed by atoms with van der Waals surface area (Å²) in [5.74, 6) is 0. The van der Waals surface area contributed by atoms with Gasteiger partial charge >= 0.3 is 0 Å². The second-order valence-corrected chi connectivity index (χ2v) is 8.08. The molecule has 2 saturated heterocycles. The maximum absolute atomic E-state index is 3.82. The van der Waals surface area contributed by atoms with Crippen molar-refractivity contribution in [1.29, 1.82) is 0 Å². The lowest BCUT2D eigenvalue weighted by Crippen LogP contribution is -2.46. The molecular weight excluding hydrogens is 308 g/mol. The molecule has 3 atom stereocenters. The molecule has 18 heavy (non-hydrogen) atoms. The van der Waals surface area contributed by atoms with E-state index in [9.17, 15) is 0 Å². The summed E-state index contributed by atoms with van der Waals surface area (Å²) in [4.78, 5) is 4.13. The molecule has 1 aromatic heterocycles. The van der Waals surface area contributed by atoms with Gasteiger partial charge in [0.05, 0.1) is 3.79 Å². The van der Waals surface area contributed by atoms with Crippen LogP contribution in [-0.2, 0) is 0 Å². The van der Waals surface area contributed by atoms with Gasteiger partial charge in [-0.05, 0) is 73.8 Å². The van der Waals surface area contributed by atoms with E-state index in [0.717, 1.165) is 6.04 Å². The first-order chi connectivity index (χ1) is 8.72. The monoisotopic (exact) mass is 328 g/mol. The van der Waals surface area contributed by atoms with E-state index in [-0.39, 0.29) is 0 Å². The summed E-state index contributed by atoms with van der Waals surface area (Å²) >= 11 is 5.39. The van der Waals surface area contributed by atoms with Gasteiger partial charge in [-0.1, -0.05) is 0 Å². The highest BCUT2D eigenvalue weighted by molar-refractivity contribution is 9.11. The Hall–Kier alpha value is 0.1000. The highest BCUT2D eigenvalue weighted by Gasteiger charge is 2.32. The summed E-state index contributed by atoms with van der Waals surface area (Å²) in [6, 6.07) is 6.44. The number of halogens is 1. The Bertz CT molecular complexity index is 406. The van der Waals surface area contributed by atoms with E-state index >= 15 is 0 Å².